The average Bonchev–Trinajstić information content (AvgIpc) is 3.33. The van der Waals surface area contributed by atoms with E-state index in [2.05, 4.69) is 265 Å². The molecule has 284 valence electrons. The van der Waals surface area contributed by atoms with E-state index >= 15 is 0 Å². The van der Waals surface area contributed by atoms with Crippen LogP contribution in [0.2, 0.25) is 0 Å². The Hall–Kier alpha value is -7.94. The fourth-order valence-corrected chi connectivity index (χ4v) is 8.35. The molecule has 0 aromatic heterocycles. The first-order valence-corrected chi connectivity index (χ1v) is 20.5. The molecule has 0 atom stereocenters. The molecule has 0 saturated carbocycles. The zero-order valence-electron chi connectivity index (χ0n) is 33.1. The van der Waals surface area contributed by atoms with Gasteiger partial charge in [-0.1, -0.05) is 194 Å². The third-order valence-electron chi connectivity index (χ3n) is 11.3. The van der Waals surface area contributed by atoms with E-state index in [1.54, 1.807) is 0 Å². The Bertz CT molecular complexity index is 2940. The minimum Gasteiger partial charge on any atom is -0.310 e. The summed E-state index contributed by atoms with van der Waals surface area (Å²) in [5.41, 5.74) is 16.2. The standard InChI is InChI=1S/C58H42N2/c1-5-18-49(19-6-1)58-55-27-14-13-17-47(55)39-42-57(58)60(52-24-11-4-12-25-52)53-40-37-46(38-41-53)44-31-29-43(30-32-44)45-33-35-48(36-34-45)54-26-15-16-28-56(54)59(50-20-7-2-8-21-50)51-22-9-3-10-23-51/h1-42H. The van der Waals surface area contributed by atoms with Gasteiger partial charge in [0.2, 0.25) is 0 Å². The minimum absolute atomic E-state index is 1.10. The molecule has 0 heterocycles. The number of para-hydroxylation sites is 4. The summed E-state index contributed by atoms with van der Waals surface area (Å²) < 4.78 is 0. The maximum Gasteiger partial charge on any atom is 0.0546 e. The molecule has 0 bridgehead atoms. The predicted molar refractivity (Wildman–Crippen MR) is 255 cm³/mol. The molecule has 2 nitrogen and oxygen atoms in total. The van der Waals surface area contributed by atoms with E-state index in [1.807, 2.05) is 0 Å². The van der Waals surface area contributed by atoms with Crippen molar-refractivity contribution in [2.45, 2.75) is 0 Å². The number of hydrogen-bond donors (Lipinski definition) is 0. The van der Waals surface area contributed by atoms with Crippen molar-refractivity contribution in [2.24, 2.45) is 0 Å². The summed E-state index contributed by atoms with van der Waals surface area (Å²) in [5.74, 6) is 0. The number of fused-ring (bicyclic) bond motifs is 1. The Labute approximate surface area is 352 Å². The maximum absolute atomic E-state index is 2.38. The third kappa shape index (κ3) is 7.23. The van der Waals surface area contributed by atoms with Crippen LogP contribution in [-0.4, -0.2) is 0 Å². The van der Waals surface area contributed by atoms with Crippen LogP contribution in [0.4, 0.5) is 34.1 Å². The average molecular weight is 767 g/mol. The van der Waals surface area contributed by atoms with Gasteiger partial charge in [0.1, 0.15) is 0 Å². The van der Waals surface area contributed by atoms with E-state index in [-0.39, 0.29) is 0 Å². The number of benzene rings is 10. The van der Waals surface area contributed by atoms with Gasteiger partial charge in [-0.25, -0.2) is 0 Å². The molecule has 0 fully saturated rings. The fraction of sp³-hybridized carbons (Fsp3) is 0. The molecule has 0 aliphatic rings. The first kappa shape index (κ1) is 36.4. The van der Waals surface area contributed by atoms with Gasteiger partial charge < -0.3 is 9.80 Å². The van der Waals surface area contributed by atoms with E-state index in [1.165, 1.54) is 55.3 Å². The van der Waals surface area contributed by atoms with Crippen LogP contribution in [0.3, 0.4) is 0 Å². The Kier molecular flexibility index (Phi) is 10.0. The topological polar surface area (TPSA) is 6.48 Å². The Morgan fingerprint density at radius 2 is 0.600 bits per heavy atom. The van der Waals surface area contributed by atoms with Gasteiger partial charge in [0, 0.05) is 33.9 Å². The molecule has 0 unspecified atom stereocenters. The first-order valence-electron chi connectivity index (χ1n) is 20.5. The lowest BCUT2D eigenvalue weighted by Crippen LogP contribution is -2.11. The summed E-state index contributed by atoms with van der Waals surface area (Å²) in [4.78, 5) is 4.71. The van der Waals surface area contributed by atoms with Gasteiger partial charge in [-0.15, -0.1) is 0 Å². The second kappa shape index (κ2) is 16.5. The van der Waals surface area contributed by atoms with Gasteiger partial charge in [-0.2, -0.15) is 0 Å². The summed E-state index contributed by atoms with van der Waals surface area (Å²) in [6.45, 7) is 0. The number of anilines is 6. The lowest BCUT2D eigenvalue weighted by Gasteiger charge is -2.29. The van der Waals surface area contributed by atoms with Crippen molar-refractivity contribution in [2.75, 3.05) is 9.80 Å². The maximum atomic E-state index is 2.38. The number of nitrogens with zero attached hydrogens (tertiary/aromatic N) is 2. The minimum atomic E-state index is 1.10. The fourth-order valence-electron chi connectivity index (χ4n) is 8.35. The molecule has 60 heavy (non-hydrogen) atoms. The van der Waals surface area contributed by atoms with Gasteiger partial charge in [0.25, 0.3) is 0 Å². The van der Waals surface area contributed by atoms with E-state index in [4.69, 9.17) is 0 Å². The van der Waals surface area contributed by atoms with Crippen molar-refractivity contribution in [3.05, 3.63) is 255 Å². The Balaban J connectivity index is 0.942. The number of hydrogen-bond acceptors (Lipinski definition) is 2. The van der Waals surface area contributed by atoms with Crippen LogP contribution in [0.25, 0.3) is 55.3 Å². The van der Waals surface area contributed by atoms with Gasteiger partial charge in [0.15, 0.2) is 0 Å². The van der Waals surface area contributed by atoms with Crippen molar-refractivity contribution < 1.29 is 0 Å². The van der Waals surface area contributed by atoms with Gasteiger partial charge in [-0.3, -0.25) is 0 Å². The molecular formula is C58H42N2. The Morgan fingerprint density at radius 3 is 1.13 bits per heavy atom. The lowest BCUT2D eigenvalue weighted by atomic mass is 9.95. The van der Waals surface area contributed by atoms with E-state index in [0.717, 1.165) is 34.1 Å². The number of rotatable bonds is 10. The molecule has 0 amide bonds. The second-order valence-electron chi connectivity index (χ2n) is 14.9. The van der Waals surface area contributed by atoms with Crippen LogP contribution in [-0.2, 0) is 0 Å². The van der Waals surface area contributed by atoms with Crippen molar-refractivity contribution in [1.82, 2.24) is 0 Å². The SMILES string of the molecule is c1ccc(-c2c(N(c3ccccc3)c3ccc(-c4ccc(-c5ccc(-c6ccccc6N(c6ccccc6)c6ccccc6)cc5)cc4)cc3)ccc3ccccc23)cc1. The summed E-state index contributed by atoms with van der Waals surface area (Å²) in [6.07, 6.45) is 0. The van der Waals surface area contributed by atoms with Crippen molar-refractivity contribution >= 4 is 44.9 Å². The lowest BCUT2D eigenvalue weighted by molar-refractivity contribution is 1.28. The van der Waals surface area contributed by atoms with Crippen molar-refractivity contribution in [3.8, 4) is 44.5 Å². The van der Waals surface area contributed by atoms with Crippen molar-refractivity contribution in [1.29, 1.82) is 0 Å². The summed E-state index contributed by atoms with van der Waals surface area (Å²) in [7, 11) is 0. The van der Waals surface area contributed by atoms with Crippen LogP contribution >= 0.6 is 0 Å². The molecule has 0 saturated heterocycles. The first-order chi connectivity index (χ1) is 29.8. The molecule has 10 aromatic carbocycles. The largest absolute Gasteiger partial charge is 0.310 e. The molecule has 0 N–H and O–H groups in total. The molecule has 0 spiro atoms. The monoisotopic (exact) mass is 766 g/mol. The predicted octanol–water partition coefficient (Wildman–Crippen LogP) is 16.4. The van der Waals surface area contributed by atoms with Gasteiger partial charge >= 0.3 is 0 Å². The molecule has 0 aliphatic heterocycles. The summed E-state index contributed by atoms with van der Waals surface area (Å²) in [6, 6.07) is 91.3. The van der Waals surface area contributed by atoms with E-state index < -0.39 is 0 Å². The third-order valence-corrected chi connectivity index (χ3v) is 11.3. The summed E-state index contributed by atoms with van der Waals surface area (Å²) >= 11 is 0. The quantitative estimate of drug-likeness (QED) is 0.137. The zero-order valence-corrected chi connectivity index (χ0v) is 33.1. The Morgan fingerprint density at radius 1 is 0.217 bits per heavy atom. The molecule has 10 rings (SSSR count). The molecule has 0 aliphatic carbocycles. The highest BCUT2D eigenvalue weighted by Crippen LogP contribution is 2.45. The molecule has 2 heteroatoms. The van der Waals surface area contributed by atoms with E-state index in [0.29, 0.717) is 0 Å². The van der Waals surface area contributed by atoms with Gasteiger partial charge in [0.05, 0.1) is 11.4 Å². The van der Waals surface area contributed by atoms with Crippen molar-refractivity contribution in [3.63, 3.8) is 0 Å². The normalized spacial score (nSPS) is 11.0. The summed E-state index contributed by atoms with van der Waals surface area (Å²) in [5, 5.41) is 2.46. The molecule has 0 radical (unpaired) electrons. The smallest absolute Gasteiger partial charge is 0.0546 e. The molecular weight excluding hydrogens is 725 g/mol. The molecule has 10 aromatic rings. The highest BCUT2D eigenvalue weighted by atomic mass is 15.1. The van der Waals surface area contributed by atoms with Crippen LogP contribution < -0.4 is 9.80 Å². The highest BCUT2D eigenvalue weighted by Gasteiger charge is 2.20. The van der Waals surface area contributed by atoms with Crippen LogP contribution in [0.5, 0.6) is 0 Å². The van der Waals surface area contributed by atoms with Crippen LogP contribution in [0.1, 0.15) is 0 Å². The van der Waals surface area contributed by atoms with Crippen LogP contribution in [0, 0.1) is 0 Å². The zero-order chi connectivity index (χ0) is 40.1. The second-order valence-corrected chi connectivity index (χ2v) is 14.9. The van der Waals surface area contributed by atoms with Gasteiger partial charge in [-0.05, 0) is 105 Å². The van der Waals surface area contributed by atoms with Crippen LogP contribution in [0.15, 0.2) is 255 Å². The highest BCUT2D eigenvalue weighted by molar-refractivity contribution is 6.05. The van der Waals surface area contributed by atoms with E-state index in [9.17, 15) is 0 Å².